The van der Waals surface area contributed by atoms with Crippen molar-refractivity contribution in [3.8, 4) is 0 Å². The zero-order chi connectivity index (χ0) is 13.0. The second-order valence-electron chi connectivity index (χ2n) is 5.19. The third-order valence-electron chi connectivity index (χ3n) is 3.32. The number of anilines is 1. The van der Waals surface area contributed by atoms with Crippen molar-refractivity contribution in [1.29, 1.82) is 0 Å². The fourth-order valence-electron chi connectivity index (χ4n) is 2.55. The Kier molecular flexibility index (Phi) is 4.97. The van der Waals surface area contributed by atoms with Crippen LogP contribution in [0.4, 0.5) is 5.13 Å². The van der Waals surface area contributed by atoms with Gasteiger partial charge in [0.25, 0.3) is 0 Å². The number of hydrogen-bond donors (Lipinski definition) is 1. The standard InChI is InChI=1S/C13H24N4S/c1-4-14-13-15-8-12(18-13)10-17-7-5-6-11(17)9-16(2)3/h8,11H,4-7,9-10H2,1-3H3,(H,14,15). The summed E-state index contributed by atoms with van der Waals surface area (Å²) in [6.07, 6.45) is 4.68. The maximum Gasteiger partial charge on any atom is 0.182 e. The Labute approximate surface area is 114 Å². The summed E-state index contributed by atoms with van der Waals surface area (Å²) in [5.41, 5.74) is 0. The molecule has 1 aliphatic heterocycles. The van der Waals surface area contributed by atoms with Crippen LogP contribution in [0.1, 0.15) is 24.6 Å². The molecule has 0 spiro atoms. The van der Waals surface area contributed by atoms with E-state index in [1.54, 1.807) is 11.3 Å². The van der Waals surface area contributed by atoms with E-state index in [9.17, 15) is 0 Å². The minimum absolute atomic E-state index is 0.713. The molecule has 1 aromatic heterocycles. The summed E-state index contributed by atoms with van der Waals surface area (Å²) in [5.74, 6) is 0. The lowest BCUT2D eigenvalue weighted by Crippen LogP contribution is -2.36. The molecule has 0 aliphatic carbocycles. The van der Waals surface area contributed by atoms with E-state index in [0.717, 1.165) is 18.2 Å². The van der Waals surface area contributed by atoms with Gasteiger partial charge in [-0.3, -0.25) is 4.90 Å². The summed E-state index contributed by atoms with van der Waals surface area (Å²) in [6.45, 7) is 6.50. The molecule has 0 saturated carbocycles. The van der Waals surface area contributed by atoms with Gasteiger partial charge in [0.05, 0.1) is 0 Å². The van der Waals surface area contributed by atoms with Crippen molar-refractivity contribution >= 4 is 16.5 Å². The van der Waals surface area contributed by atoms with Gasteiger partial charge in [0.1, 0.15) is 0 Å². The van der Waals surface area contributed by atoms with Gasteiger partial charge in [-0.1, -0.05) is 0 Å². The van der Waals surface area contributed by atoms with Gasteiger partial charge >= 0.3 is 0 Å². The third-order valence-corrected chi connectivity index (χ3v) is 4.26. The molecule has 1 atom stereocenters. The van der Waals surface area contributed by atoms with Gasteiger partial charge in [-0.15, -0.1) is 11.3 Å². The third kappa shape index (κ3) is 3.67. The highest BCUT2D eigenvalue weighted by Crippen LogP contribution is 2.24. The van der Waals surface area contributed by atoms with Crippen LogP contribution >= 0.6 is 11.3 Å². The average molecular weight is 268 g/mol. The molecule has 4 nitrogen and oxygen atoms in total. The SMILES string of the molecule is CCNc1ncc(CN2CCCC2CN(C)C)s1. The molecule has 102 valence electrons. The van der Waals surface area contributed by atoms with E-state index in [1.807, 2.05) is 6.20 Å². The number of likely N-dealkylation sites (tertiary alicyclic amines) is 1. The summed E-state index contributed by atoms with van der Waals surface area (Å²) in [7, 11) is 4.32. The highest BCUT2D eigenvalue weighted by molar-refractivity contribution is 7.15. The lowest BCUT2D eigenvalue weighted by molar-refractivity contribution is 0.202. The molecule has 5 heteroatoms. The Morgan fingerprint density at radius 1 is 1.56 bits per heavy atom. The Bertz CT molecular complexity index is 364. The maximum atomic E-state index is 4.40. The number of nitrogens with zero attached hydrogens (tertiary/aromatic N) is 3. The topological polar surface area (TPSA) is 31.4 Å². The summed E-state index contributed by atoms with van der Waals surface area (Å²) in [5, 5.41) is 4.33. The highest BCUT2D eigenvalue weighted by atomic mass is 32.1. The van der Waals surface area contributed by atoms with Crippen LogP contribution in [0, 0.1) is 0 Å². The average Bonchev–Trinajstić information content (AvgIpc) is 2.90. The molecule has 1 fully saturated rings. The van der Waals surface area contributed by atoms with Crippen LogP contribution in [-0.2, 0) is 6.54 Å². The molecule has 0 amide bonds. The minimum Gasteiger partial charge on any atom is -0.362 e. The Morgan fingerprint density at radius 2 is 2.39 bits per heavy atom. The lowest BCUT2D eigenvalue weighted by atomic mass is 10.2. The molecule has 0 radical (unpaired) electrons. The van der Waals surface area contributed by atoms with E-state index in [4.69, 9.17) is 0 Å². The largest absolute Gasteiger partial charge is 0.362 e. The van der Waals surface area contributed by atoms with Crippen LogP contribution in [0.2, 0.25) is 0 Å². The van der Waals surface area contributed by atoms with Gasteiger partial charge in [0.2, 0.25) is 0 Å². The first-order chi connectivity index (χ1) is 8.69. The molecule has 2 rings (SSSR count). The van der Waals surface area contributed by atoms with E-state index >= 15 is 0 Å². The molecule has 0 aromatic carbocycles. The number of likely N-dealkylation sites (N-methyl/N-ethyl adjacent to an activating group) is 1. The predicted octanol–water partition coefficient (Wildman–Crippen LogP) is 2.10. The number of hydrogen-bond acceptors (Lipinski definition) is 5. The summed E-state index contributed by atoms with van der Waals surface area (Å²) < 4.78 is 0. The molecule has 18 heavy (non-hydrogen) atoms. The summed E-state index contributed by atoms with van der Waals surface area (Å²) in [6, 6.07) is 0.713. The maximum absolute atomic E-state index is 4.40. The number of nitrogens with one attached hydrogen (secondary N) is 1. The van der Waals surface area contributed by atoms with Gasteiger partial charge in [-0.05, 0) is 40.4 Å². The van der Waals surface area contributed by atoms with Gasteiger partial charge in [0.15, 0.2) is 5.13 Å². The fourth-order valence-corrected chi connectivity index (χ4v) is 3.45. The van der Waals surface area contributed by atoms with Gasteiger partial charge < -0.3 is 10.2 Å². The van der Waals surface area contributed by atoms with Crippen LogP contribution in [0.15, 0.2) is 6.20 Å². The predicted molar refractivity (Wildman–Crippen MR) is 78.3 cm³/mol. The first-order valence-electron chi connectivity index (χ1n) is 6.76. The van der Waals surface area contributed by atoms with Crippen LogP contribution in [-0.4, -0.2) is 54.6 Å². The normalized spacial score (nSPS) is 20.8. The van der Waals surface area contributed by atoms with Crippen molar-refractivity contribution in [3.05, 3.63) is 11.1 Å². The fraction of sp³-hybridized carbons (Fsp3) is 0.769. The summed E-state index contributed by atoms with van der Waals surface area (Å²) in [4.78, 5) is 10.7. The molecule has 0 bridgehead atoms. The van der Waals surface area contributed by atoms with Gasteiger partial charge in [0, 0.05) is 36.8 Å². The Hall–Kier alpha value is -0.650. The minimum atomic E-state index is 0.713. The van der Waals surface area contributed by atoms with E-state index in [1.165, 1.54) is 30.8 Å². The van der Waals surface area contributed by atoms with Crippen molar-refractivity contribution in [2.75, 3.05) is 39.0 Å². The van der Waals surface area contributed by atoms with Crippen molar-refractivity contribution in [3.63, 3.8) is 0 Å². The van der Waals surface area contributed by atoms with E-state index in [-0.39, 0.29) is 0 Å². The van der Waals surface area contributed by atoms with E-state index < -0.39 is 0 Å². The molecule has 1 unspecified atom stereocenters. The molecule has 1 aromatic rings. The first-order valence-corrected chi connectivity index (χ1v) is 7.58. The second-order valence-corrected chi connectivity index (χ2v) is 6.31. The zero-order valence-corrected chi connectivity index (χ0v) is 12.5. The molecular formula is C13H24N4S. The molecule has 1 N–H and O–H groups in total. The highest BCUT2D eigenvalue weighted by Gasteiger charge is 2.25. The molecule has 2 heterocycles. The Balaban J connectivity index is 1.90. The van der Waals surface area contributed by atoms with Crippen LogP contribution in [0.3, 0.4) is 0 Å². The van der Waals surface area contributed by atoms with Crippen LogP contribution < -0.4 is 5.32 Å². The van der Waals surface area contributed by atoms with Crippen molar-refractivity contribution in [2.24, 2.45) is 0 Å². The monoisotopic (exact) mass is 268 g/mol. The lowest BCUT2D eigenvalue weighted by Gasteiger charge is -2.26. The van der Waals surface area contributed by atoms with Crippen molar-refractivity contribution in [2.45, 2.75) is 32.4 Å². The number of thiazole rings is 1. The van der Waals surface area contributed by atoms with Gasteiger partial charge in [-0.2, -0.15) is 0 Å². The van der Waals surface area contributed by atoms with Crippen molar-refractivity contribution < 1.29 is 0 Å². The summed E-state index contributed by atoms with van der Waals surface area (Å²) >= 11 is 1.79. The molecule has 1 saturated heterocycles. The molecule has 1 aliphatic rings. The quantitative estimate of drug-likeness (QED) is 0.856. The second kappa shape index (κ2) is 6.50. The van der Waals surface area contributed by atoms with Gasteiger partial charge in [-0.25, -0.2) is 4.98 Å². The number of rotatable bonds is 6. The Morgan fingerprint density at radius 3 is 3.11 bits per heavy atom. The number of aromatic nitrogens is 1. The van der Waals surface area contributed by atoms with E-state index in [0.29, 0.717) is 6.04 Å². The van der Waals surface area contributed by atoms with Crippen LogP contribution in [0.25, 0.3) is 0 Å². The molecular weight excluding hydrogens is 244 g/mol. The zero-order valence-electron chi connectivity index (χ0n) is 11.6. The smallest absolute Gasteiger partial charge is 0.182 e. The first kappa shape index (κ1) is 13.8. The van der Waals surface area contributed by atoms with Crippen molar-refractivity contribution in [1.82, 2.24) is 14.8 Å². The van der Waals surface area contributed by atoms with Crippen LogP contribution in [0.5, 0.6) is 0 Å². The van der Waals surface area contributed by atoms with E-state index in [2.05, 4.69) is 41.1 Å².